The number of hydrogen-bond acceptors (Lipinski definition) is 3. The van der Waals surface area contributed by atoms with Crippen LogP contribution in [0, 0.1) is 5.82 Å². The SMILES string of the molecule is O=S(=O)(c1[nH]c2c(F)cc(C(F)(F)F)c(-c3ccccn3)c2c1Cl)N1CCCC1C(F)(F)F. The van der Waals surface area contributed by atoms with Gasteiger partial charge in [-0.3, -0.25) is 4.98 Å². The van der Waals surface area contributed by atoms with Gasteiger partial charge in [0.1, 0.15) is 11.9 Å². The maximum Gasteiger partial charge on any atom is 0.417 e. The standard InChI is InChI=1S/C19H13ClF7N3O2S/c20-15-14-13(11-4-1-2-6-28-11)9(18(22,23)24)8-10(21)16(14)29-17(15)33(31,32)30-7-3-5-12(30)19(25,26)27/h1-2,4,6,8,12,29H,3,5,7H2. The van der Waals surface area contributed by atoms with Crippen LogP contribution in [0.2, 0.25) is 5.02 Å². The predicted molar refractivity (Wildman–Crippen MR) is 104 cm³/mol. The largest absolute Gasteiger partial charge is 0.417 e. The van der Waals surface area contributed by atoms with Crippen molar-refractivity contribution in [3.05, 3.63) is 46.9 Å². The molecule has 1 fully saturated rings. The molecule has 178 valence electrons. The molecule has 1 atom stereocenters. The van der Waals surface area contributed by atoms with Gasteiger partial charge in [-0.2, -0.15) is 30.6 Å². The van der Waals surface area contributed by atoms with Gasteiger partial charge in [-0.1, -0.05) is 17.7 Å². The molecule has 0 saturated carbocycles. The Hall–Kier alpha value is -2.38. The molecular formula is C19H13ClF7N3O2S. The van der Waals surface area contributed by atoms with E-state index >= 15 is 0 Å². The highest BCUT2D eigenvalue weighted by Crippen LogP contribution is 2.46. The van der Waals surface area contributed by atoms with Crippen LogP contribution in [-0.2, 0) is 16.2 Å². The van der Waals surface area contributed by atoms with Gasteiger partial charge in [0.25, 0.3) is 10.0 Å². The van der Waals surface area contributed by atoms with E-state index in [-0.39, 0.29) is 22.5 Å². The van der Waals surface area contributed by atoms with Crippen LogP contribution in [0.25, 0.3) is 22.2 Å². The van der Waals surface area contributed by atoms with Gasteiger partial charge >= 0.3 is 12.4 Å². The van der Waals surface area contributed by atoms with Crippen LogP contribution in [-0.4, -0.2) is 41.5 Å². The highest BCUT2D eigenvalue weighted by atomic mass is 35.5. The van der Waals surface area contributed by atoms with Gasteiger partial charge in [0.15, 0.2) is 5.03 Å². The maximum absolute atomic E-state index is 14.7. The van der Waals surface area contributed by atoms with Gasteiger partial charge in [-0.15, -0.1) is 0 Å². The summed E-state index contributed by atoms with van der Waals surface area (Å²) in [6.07, 6.45) is -9.37. The summed E-state index contributed by atoms with van der Waals surface area (Å²) >= 11 is 6.15. The van der Waals surface area contributed by atoms with E-state index in [0.29, 0.717) is 0 Å². The molecule has 2 aromatic heterocycles. The van der Waals surface area contributed by atoms with Crippen LogP contribution in [0.4, 0.5) is 30.7 Å². The third kappa shape index (κ3) is 3.95. The average Bonchev–Trinajstić information content (AvgIpc) is 3.34. The minimum atomic E-state index is -5.07. The van der Waals surface area contributed by atoms with Crippen molar-refractivity contribution in [2.75, 3.05) is 6.54 Å². The normalized spacial score (nSPS) is 18.4. The van der Waals surface area contributed by atoms with Crippen LogP contribution in [0.15, 0.2) is 35.5 Å². The Balaban J connectivity index is 2.03. The Bertz CT molecular complexity index is 1320. The highest BCUT2D eigenvalue weighted by Gasteiger charge is 2.51. The summed E-state index contributed by atoms with van der Waals surface area (Å²) in [5.74, 6) is -1.48. The second-order valence-corrected chi connectivity index (χ2v) is 9.53. The van der Waals surface area contributed by atoms with Crippen LogP contribution < -0.4 is 0 Å². The number of halogens is 8. The highest BCUT2D eigenvalue weighted by molar-refractivity contribution is 7.89. The van der Waals surface area contributed by atoms with Crippen molar-refractivity contribution in [3.63, 3.8) is 0 Å². The predicted octanol–water partition coefficient (Wildman–Crippen LogP) is 5.76. The number of aromatic nitrogens is 2. The van der Waals surface area contributed by atoms with Gasteiger partial charge in [-0.25, -0.2) is 12.8 Å². The zero-order valence-corrected chi connectivity index (χ0v) is 17.8. The van der Waals surface area contributed by atoms with Crippen molar-refractivity contribution in [1.82, 2.24) is 14.3 Å². The lowest BCUT2D eigenvalue weighted by atomic mass is 9.98. The Kier molecular flexibility index (Phi) is 5.65. The molecule has 0 aliphatic carbocycles. The van der Waals surface area contributed by atoms with E-state index in [1.54, 1.807) is 0 Å². The third-order valence-electron chi connectivity index (χ3n) is 5.31. The van der Waals surface area contributed by atoms with Gasteiger partial charge in [0.2, 0.25) is 0 Å². The first kappa shape index (κ1) is 23.8. The molecule has 0 bridgehead atoms. The van der Waals surface area contributed by atoms with E-state index in [1.165, 1.54) is 24.4 Å². The molecular weight excluding hydrogens is 503 g/mol. The summed E-state index contributed by atoms with van der Waals surface area (Å²) in [6.45, 7) is -0.485. The molecule has 1 unspecified atom stereocenters. The smallest absolute Gasteiger partial charge is 0.341 e. The molecule has 0 spiro atoms. The first-order valence-electron chi connectivity index (χ1n) is 9.35. The van der Waals surface area contributed by atoms with E-state index in [9.17, 15) is 39.2 Å². The average molecular weight is 516 g/mol. The first-order chi connectivity index (χ1) is 15.2. The number of nitrogens with one attached hydrogen (secondary N) is 1. The molecule has 3 heterocycles. The summed E-state index contributed by atoms with van der Waals surface area (Å²) in [5, 5.41) is -2.53. The number of sulfonamides is 1. The first-order valence-corrected chi connectivity index (χ1v) is 11.2. The van der Waals surface area contributed by atoms with E-state index < -0.39 is 79.3 Å². The fourth-order valence-corrected chi connectivity index (χ4v) is 6.18. The lowest BCUT2D eigenvalue weighted by molar-refractivity contribution is -0.165. The maximum atomic E-state index is 14.7. The van der Waals surface area contributed by atoms with Crippen molar-refractivity contribution < 1.29 is 39.2 Å². The van der Waals surface area contributed by atoms with Crippen LogP contribution in [0.1, 0.15) is 18.4 Å². The summed E-state index contributed by atoms with van der Waals surface area (Å²) < 4.78 is 122. The third-order valence-corrected chi connectivity index (χ3v) is 7.68. The van der Waals surface area contributed by atoms with Gasteiger partial charge < -0.3 is 4.98 Å². The number of aromatic amines is 1. The number of pyridine rings is 1. The number of hydrogen-bond donors (Lipinski definition) is 1. The monoisotopic (exact) mass is 515 g/mol. The number of fused-ring (bicyclic) bond motifs is 1. The van der Waals surface area contributed by atoms with Crippen molar-refractivity contribution in [2.45, 2.75) is 36.3 Å². The van der Waals surface area contributed by atoms with Crippen molar-refractivity contribution in [2.24, 2.45) is 0 Å². The molecule has 1 aromatic carbocycles. The summed E-state index contributed by atoms with van der Waals surface area (Å²) in [4.78, 5) is 5.94. The second kappa shape index (κ2) is 7.84. The Morgan fingerprint density at radius 1 is 1.15 bits per heavy atom. The van der Waals surface area contributed by atoms with Crippen LogP contribution in [0.5, 0.6) is 0 Å². The van der Waals surface area contributed by atoms with Gasteiger partial charge in [0, 0.05) is 23.7 Å². The fraction of sp³-hybridized carbons (Fsp3) is 0.316. The molecule has 1 saturated heterocycles. The van der Waals surface area contributed by atoms with Gasteiger partial charge in [-0.05, 0) is 31.0 Å². The van der Waals surface area contributed by atoms with Gasteiger partial charge in [0.05, 0.1) is 21.8 Å². The molecule has 0 radical (unpaired) electrons. The lowest BCUT2D eigenvalue weighted by Crippen LogP contribution is -2.44. The molecule has 4 rings (SSSR count). The van der Waals surface area contributed by atoms with E-state index in [4.69, 9.17) is 11.6 Å². The fourth-order valence-electron chi connectivity index (χ4n) is 3.92. The van der Waals surface area contributed by atoms with Crippen LogP contribution in [0.3, 0.4) is 0 Å². The van der Waals surface area contributed by atoms with Crippen molar-refractivity contribution >= 4 is 32.5 Å². The van der Waals surface area contributed by atoms with E-state index in [1.807, 2.05) is 0 Å². The van der Waals surface area contributed by atoms with Crippen molar-refractivity contribution in [3.8, 4) is 11.3 Å². The summed E-state index contributed by atoms with van der Waals surface area (Å²) in [5.41, 5.74) is -3.15. The zero-order valence-electron chi connectivity index (χ0n) is 16.2. The number of rotatable bonds is 3. The summed E-state index contributed by atoms with van der Waals surface area (Å²) in [6, 6.07) is 1.77. The minimum Gasteiger partial charge on any atom is -0.341 e. The molecule has 14 heteroatoms. The summed E-state index contributed by atoms with van der Waals surface area (Å²) in [7, 11) is -4.97. The number of H-pyrrole nitrogens is 1. The topological polar surface area (TPSA) is 66.1 Å². The molecule has 5 nitrogen and oxygen atoms in total. The molecule has 1 aliphatic heterocycles. The Labute approximate surface area is 187 Å². The molecule has 1 N–H and O–H groups in total. The second-order valence-electron chi connectivity index (χ2n) is 7.33. The van der Waals surface area contributed by atoms with E-state index in [2.05, 4.69) is 9.97 Å². The van der Waals surface area contributed by atoms with Crippen LogP contribution >= 0.6 is 11.6 Å². The molecule has 3 aromatic rings. The number of alkyl halides is 6. The van der Waals surface area contributed by atoms with E-state index in [0.717, 1.165) is 0 Å². The Morgan fingerprint density at radius 2 is 1.85 bits per heavy atom. The molecule has 1 aliphatic rings. The minimum absolute atomic E-state index is 0.0903. The molecule has 33 heavy (non-hydrogen) atoms. The number of benzene rings is 1. The lowest BCUT2D eigenvalue weighted by Gasteiger charge is -2.25. The number of nitrogens with zero attached hydrogens (tertiary/aromatic N) is 2. The molecule has 0 amide bonds. The Morgan fingerprint density at radius 3 is 2.42 bits per heavy atom. The van der Waals surface area contributed by atoms with Crippen molar-refractivity contribution in [1.29, 1.82) is 0 Å². The quantitative estimate of drug-likeness (QED) is 0.451. The zero-order chi connectivity index (χ0) is 24.3.